The number of ketones is 1. The maximum atomic E-state index is 13.3. The lowest BCUT2D eigenvalue weighted by atomic mass is 9.43. The highest BCUT2D eigenvalue weighted by Gasteiger charge is 2.64. The molecule has 0 aromatic rings. The summed E-state index contributed by atoms with van der Waals surface area (Å²) in [7, 11) is 0. The highest BCUT2D eigenvalue weighted by Crippen LogP contribution is 2.68. The van der Waals surface area contributed by atoms with E-state index < -0.39 is 23.4 Å². The average molecular weight is 451 g/mol. The van der Waals surface area contributed by atoms with Crippen LogP contribution in [0.25, 0.3) is 0 Å². The lowest BCUT2D eigenvalue weighted by molar-refractivity contribution is -0.177. The molecule has 0 bridgehead atoms. The molecule has 4 fully saturated rings. The standard InChI is InChI=1S/C27H46O5/c1-24(2,31)10-6-11-27(5,32)23-8-7-17-16-13-20(28)19-14-21(29)22(30)15-26(19,4)18(16)9-12-25(17,23)3/h16-19,21-23,29-32H,6-15H2,1-5H3/t16?,17?,18?,19?,21?,22?,23?,25?,26?,27-/m0/s1. The Hall–Kier alpha value is -0.490. The van der Waals surface area contributed by atoms with Crippen molar-refractivity contribution in [1.82, 2.24) is 0 Å². The molecule has 4 aliphatic rings. The Labute approximate surface area is 194 Å². The molecule has 10 atom stereocenters. The summed E-state index contributed by atoms with van der Waals surface area (Å²) in [5, 5.41) is 42.3. The third-order valence-corrected chi connectivity index (χ3v) is 10.7. The highest BCUT2D eigenvalue weighted by atomic mass is 16.3. The zero-order valence-corrected chi connectivity index (χ0v) is 20.8. The molecular weight excluding hydrogens is 404 g/mol. The number of aliphatic hydroxyl groups excluding tert-OH is 2. The number of hydrogen-bond acceptors (Lipinski definition) is 5. The van der Waals surface area contributed by atoms with Crippen LogP contribution in [0, 0.1) is 40.4 Å². The van der Waals surface area contributed by atoms with Crippen LogP contribution in [-0.2, 0) is 4.79 Å². The van der Waals surface area contributed by atoms with Gasteiger partial charge in [-0.05, 0) is 113 Å². The van der Waals surface area contributed by atoms with E-state index in [0.717, 1.165) is 32.1 Å². The third-order valence-electron chi connectivity index (χ3n) is 10.7. The molecule has 0 radical (unpaired) electrons. The monoisotopic (exact) mass is 450 g/mol. The Bertz CT molecular complexity index is 726. The van der Waals surface area contributed by atoms with Crippen molar-refractivity contribution >= 4 is 5.78 Å². The number of fused-ring (bicyclic) bond motifs is 5. The van der Waals surface area contributed by atoms with Crippen molar-refractivity contribution in [2.24, 2.45) is 40.4 Å². The quantitative estimate of drug-likeness (QED) is 0.510. The van der Waals surface area contributed by atoms with Crippen LogP contribution in [-0.4, -0.2) is 49.6 Å². The summed E-state index contributed by atoms with van der Waals surface area (Å²) in [4.78, 5) is 13.3. The molecule has 0 aromatic carbocycles. The summed E-state index contributed by atoms with van der Waals surface area (Å²) in [6.07, 6.45) is 6.34. The number of hydrogen-bond donors (Lipinski definition) is 4. The van der Waals surface area contributed by atoms with E-state index in [2.05, 4.69) is 13.8 Å². The first-order valence-corrected chi connectivity index (χ1v) is 13.0. The Morgan fingerprint density at radius 3 is 2.25 bits per heavy atom. The smallest absolute Gasteiger partial charge is 0.136 e. The van der Waals surface area contributed by atoms with Crippen molar-refractivity contribution in [2.75, 3.05) is 0 Å². The Morgan fingerprint density at radius 1 is 0.938 bits per heavy atom. The molecule has 0 amide bonds. The number of carbonyl (C=O) groups excluding carboxylic acids is 1. The van der Waals surface area contributed by atoms with Gasteiger partial charge in [0.25, 0.3) is 0 Å². The maximum absolute atomic E-state index is 13.3. The molecule has 0 heterocycles. The molecule has 184 valence electrons. The Balaban J connectivity index is 1.54. The molecule has 0 aliphatic heterocycles. The summed E-state index contributed by atoms with van der Waals surface area (Å²) >= 11 is 0. The Kier molecular flexibility index (Phi) is 6.18. The van der Waals surface area contributed by atoms with Gasteiger partial charge in [-0.15, -0.1) is 0 Å². The second-order valence-corrected chi connectivity index (χ2v) is 13.4. The van der Waals surface area contributed by atoms with Gasteiger partial charge in [-0.25, -0.2) is 0 Å². The van der Waals surface area contributed by atoms with Gasteiger partial charge in [-0.1, -0.05) is 13.8 Å². The molecular formula is C27H46O5. The van der Waals surface area contributed by atoms with Gasteiger partial charge in [-0.2, -0.15) is 0 Å². The molecule has 4 N–H and O–H groups in total. The van der Waals surface area contributed by atoms with Crippen molar-refractivity contribution in [3.8, 4) is 0 Å². The normalized spacial score (nSPS) is 48.5. The zero-order valence-electron chi connectivity index (χ0n) is 20.8. The first-order valence-electron chi connectivity index (χ1n) is 13.0. The number of aliphatic hydroxyl groups is 4. The average Bonchev–Trinajstić information content (AvgIpc) is 3.01. The molecule has 0 aromatic heterocycles. The number of carbonyl (C=O) groups is 1. The van der Waals surface area contributed by atoms with E-state index in [9.17, 15) is 25.2 Å². The fourth-order valence-corrected chi connectivity index (χ4v) is 9.15. The minimum Gasteiger partial charge on any atom is -0.390 e. The molecule has 32 heavy (non-hydrogen) atoms. The van der Waals surface area contributed by atoms with E-state index in [1.807, 2.05) is 20.8 Å². The fourth-order valence-electron chi connectivity index (χ4n) is 9.15. The SMILES string of the molecule is CC(C)(O)CCC[C@](C)(O)C1CCC2C3CC(=O)C4CC(O)C(O)CC4(C)C3CCC21C. The lowest BCUT2D eigenvalue weighted by Crippen LogP contribution is -2.60. The van der Waals surface area contributed by atoms with Crippen LogP contribution in [0.2, 0.25) is 0 Å². The molecule has 4 rings (SSSR count). The highest BCUT2D eigenvalue weighted by molar-refractivity contribution is 5.83. The van der Waals surface area contributed by atoms with Gasteiger partial charge in [0.05, 0.1) is 23.4 Å². The van der Waals surface area contributed by atoms with Gasteiger partial charge < -0.3 is 20.4 Å². The van der Waals surface area contributed by atoms with E-state index >= 15 is 0 Å². The summed E-state index contributed by atoms with van der Waals surface area (Å²) < 4.78 is 0. The molecule has 0 spiro atoms. The molecule has 9 unspecified atom stereocenters. The molecule has 0 saturated heterocycles. The van der Waals surface area contributed by atoms with E-state index in [-0.39, 0.29) is 28.4 Å². The lowest BCUT2D eigenvalue weighted by Gasteiger charge is -2.61. The Morgan fingerprint density at radius 2 is 1.59 bits per heavy atom. The van der Waals surface area contributed by atoms with Gasteiger partial charge in [-0.3, -0.25) is 4.79 Å². The van der Waals surface area contributed by atoms with Crippen molar-refractivity contribution in [3.63, 3.8) is 0 Å². The van der Waals surface area contributed by atoms with Crippen LogP contribution in [0.15, 0.2) is 0 Å². The predicted octanol–water partition coefficient (Wildman–Crippen LogP) is 3.85. The summed E-state index contributed by atoms with van der Waals surface area (Å²) in [6.45, 7) is 10.2. The fraction of sp³-hybridized carbons (Fsp3) is 0.963. The van der Waals surface area contributed by atoms with Crippen molar-refractivity contribution < 1.29 is 25.2 Å². The van der Waals surface area contributed by atoms with Crippen LogP contribution < -0.4 is 0 Å². The van der Waals surface area contributed by atoms with Crippen molar-refractivity contribution in [3.05, 3.63) is 0 Å². The van der Waals surface area contributed by atoms with Crippen LogP contribution in [0.1, 0.15) is 98.8 Å². The summed E-state index contributed by atoms with van der Waals surface area (Å²) in [5.74, 6) is 1.52. The van der Waals surface area contributed by atoms with E-state index in [1.165, 1.54) is 0 Å². The summed E-state index contributed by atoms with van der Waals surface area (Å²) in [5.41, 5.74) is -1.68. The van der Waals surface area contributed by atoms with Gasteiger partial charge in [0, 0.05) is 12.3 Å². The zero-order chi connectivity index (χ0) is 23.7. The van der Waals surface area contributed by atoms with Crippen LogP contribution in [0.5, 0.6) is 0 Å². The van der Waals surface area contributed by atoms with Gasteiger partial charge in [0.2, 0.25) is 0 Å². The maximum Gasteiger partial charge on any atom is 0.136 e. The van der Waals surface area contributed by atoms with Crippen LogP contribution >= 0.6 is 0 Å². The van der Waals surface area contributed by atoms with Gasteiger partial charge in [0.15, 0.2) is 0 Å². The molecule has 4 saturated carbocycles. The second kappa shape index (κ2) is 8.03. The second-order valence-electron chi connectivity index (χ2n) is 13.4. The van der Waals surface area contributed by atoms with Crippen molar-refractivity contribution in [1.29, 1.82) is 0 Å². The van der Waals surface area contributed by atoms with E-state index in [0.29, 0.717) is 49.9 Å². The van der Waals surface area contributed by atoms with Crippen LogP contribution in [0.4, 0.5) is 0 Å². The van der Waals surface area contributed by atoms with Gasteiger partial charge >= 0.3 is 0 Å². The molecule has 4 aliphatic carbocycles. The minimum atomic E-state index is -0.780. The predicted molar refractivity (Wildman–Crippen MR) is 124 cm³/mol. The first-order chi connectivity index (χ1) is 14.7. The summed E-state index contributed by atoms with van der Waals surface area (Å²) in [6, 6.07) is 0. The minimum absolute atomic E-state index is 0.0235. The number of rotatable bonds is 5. The molecule has 5 nitrogen and oxygen atoms in total. The topological polar surface area (TPSA) is 98.0 Å². The van der Waals surface area contributed by atoms with Crippen LogP contribution in [0.3, 0.4) is 0 Å². The first kappa shape index (κ1) is 24.6. The molecule has 5 heteroatoms. The largest absolute Gasteiger partial charge is 0.390 e. The number of Topliss-reactive ketones (excluding diaryl/α,β-unsaturated/α-hetero) is 1. The van der Waals surface area contributed by atoms with Gasteiger partial charge in [0.1, 0.15) is 5.78 Å². The third kappa shape index (κ3) is 3.99. The van der Waals surface area contributed by atoms with E-state index in [1.54, 1.807) is 0 Å². The van der Waals surface area contributed by atoms with Crippen molar-refractivity contribution in [2.45, 2.75) is 122 Å². The van der Waals surface area contributed by atoms with E-state index in [4.69, 9.17) is 0 Å².